The SMILES string of the molecule is CC(=O)C1=C(C)[C@@H](C(C)C)[C@]2(C)C[C@]3(C)Cc4c(C(C)C)cc(-c5cc(C)cc(C)c5)c(O)c4C(O)=C3C(=O)[C@]2(O)C1=O. The van der Waals surface area contributed by atoms with Gasteiger partial charge in [0.15, 0.2) is 11.4 Å². The van der Waals surface area contributed by atoms with Crippen molar-refractivity contribution in [3.05, 3.63) is 68.8 Å². The number of hydrogen-bond donors (Lipinski definition) is 3. The average Bonchev–Trinajstić information content (AvgIpc) is 2.85. The van der Waals surface area contributed by atoms with Crippen LogP contribution in [0.3, 0.4) is 0 Å². The van der Waals surface area contributed by atoms with E-state index in [1.807, 2.05) is 58.9 Å². The molecule has 228 valence electrons. The molecule has 0 radical (unpaired) electrons. The summed E-state index contributed by atoms with van der Waals surface area (Å²) in [6, 6.07) is 7.98. The van der Waals surface area contributed by atoms with E-state index in [0.717, 1.165) is 27.8 Å². The minimum Gasteiger partial charge on any atom is -0.507 e. The van der Waals surface area contributed by atoms with Crippen molar-refractivity contribution in [1.29, 1.82) is 0 Å². The molecule has 3 aliphatic carbocycles. The normalized spacial score (nSPS) is 28.8. The van der Waals surface area contributed by atoms with Crippen molar-refractivity contribution < 1.29 is 29.7 Å². The number of allylic oxidation sites excluding steroid dienone is 1. The third kappa shape index (κ3) is 4.05. The van der Waals surface area contributed by atoms with E-state index in [4.69, 9.17) is 0 Å². The highest BCUT2D eigenvalue weighted by atomic mass is 16.3. The number of ketones is 3. The van der Waals surface area contributed by atoms with Gasteiger partial charge in [-0.25, -0.2) is 0 Å². The van der Waals surface area contributed by atoms with Gasteiger partial charge in [-0.3, -0.25) is 14.4 Å². The number of phenols is 1. The van der Waals surface area contributed by atoms with Crippen molar-refractivity contribution in [2.75, 3.05) is 0 Å². The van der Waals surface area contributed by atoms with Gasteiger partial charge in [0.1, 0.15) is 11.5 Å². The maximum absolute atomic E-state index is 14.7. The molecule has 6 heteroatoms. The Balaban J connectivity index is 1.84. The standard InChI is InChI=1S/C37H44O6/c1-17(2)24-14-25(23-12-19(5)11-20(6)13-23)31(39)28-26(24)15-35(9)16-36(10)29(18(3)4)21(7)27(22(8)38)33(41)37(36,43)34(42)30(35)32(28)40/h11-14,17-18,29,39-40,43H,15-16H2,1-10H3/t29-,35+,36+,37-/m1/s1. The van der Waals surface area contributed by atoms with Crippen molar-refractivity contribution in [2.45, 2.75) is 93.6 Å². The first-order valence-electron chi connectivity index (χ1n) is 15.3. The summed E-state index contributed by atoms with van der Waals surface area (Å²) in [5.74, 6) is -3.27. The van der Waals surface area contributed by atoms with E-state index in [0.29, 0.717) is 17.6 Å². The maximum atomic E-state index is 14.7. The lowest BCUT2D eigenvalue weighted by atomic mass is 9.42. The van der Waals surface area contributed by atoms with Crippen LogP contribution in [-0.2, 0) is 20.8 Å². The zero-order chi connectivity index (χ0) is 32.1. The molecule has 1 fully saturated rings. The van der Waals surface area contributed by atoms with Crippen molar-refractivity contribution in [3.63, 3.8) is 0 Å². The molecule has 5 rings (SSSR count). The van der Waals surface area contributed by atoms with Crippen LogP contribution in [0.2, 0.25) is 0 Å². The Hall–Kier alpha value is -3.51. The highest BCUT2D eigenvalue weighted by Crippen LogP contribution is 2.65. The fraction of sp³-hybridized carbons (Fsp3) is 0.486. The minimum atomic E-state index is -2.54. The Morgan fingerprint density at radius 2 is 1.51 bits per heavy atom. The van der Waals surface area contributed by atoms with Gasteiger partial charge in [0.2, 0.25) is 11.6 Å². The van der Waals surface area contributed by atoms with Crippen LogP contribution in [0.15, 0.2) is 41.0 Å². The number of hydrogen-bond acceptors (Lipinski definition) is 6. The van der Waals surface area contributed by atoms with E-state index in [2.05, 4.69) is 13.8 Å². The molecule has 0 saturated heterocycles. The lowest BCUT2D eigenvalue weighted by Gasteiger charge is -2.60. The van der Waals surface area contributed by atoms with E-state index in [1.54, 1.807) is 13.8 Å². The first kappa shape index (κ1) is 30.9. The molecule has 3 N–H and O–H groups in total. The Morgan fingerprint density at radius 3 is 2.02 bits per heavy atom. The van der Waals surface area contributed by atoms with Crippen LogP contribution in [0.1, 0.15) is 95.5 Å². The molecule has 43 heavy (non-hydrogen) atoms. The van der Waals surface area contributed by atoms with Gasteiger partial charge in [0, 0.05) is 22.0 Å². The summed E-state index contributed by atoms with van der Waals surface area (Å²) in [4.78, 5) is 41.5. The summed E-state index contributed by atoms with van der Waals surface area (Å²) in [5, 5.41) is 36.2. The van der Waals surface area contributed by atoms with E-state index in [-0.39, 0.29) is 40.7 Å². The number of Topliss-reactive ketones (excluding diaryl/α,β-unsaturated/α-hetero) is 3. The summed E-state index contributed by atoms with van der Waals surface area (Å²) in [5.41, 5.74) is 1.01. The van der Waals surface area contributed by atoms with Crippen molar-refractivity contribution in [1.82, 2.24) is 0 Å². The van der Waals surface area contributed by atoms with Gasteiger partial charge in [-0.05, 0) is 81.0 Å². The third-order valence-electron chi connectivity index (χ3n) is 10.5. The summed E-state index contributed by atoms with van der Waals surface area (Å²) in [6.45, 7) is 18.8. The first-order valence-corrected chi connectivity index (χ1v) is 15.3. The molecule has 6 nitrogen and oxygen atoms in total. The van der Waals surface area contributed by atoms with Crippen molar-refractivity contribution >= 4 is 23.1 Å². The van der Waals surface area contributed by atoms with E-state index in [1.165, 1.54) is 6.92 Å². The van der Waals surface area contributed by atoms with E-state index < -0.39 is 45.5 Å². The van der Waals surface area contributed by atoms with Crippen LogP contribution >= 0.6 is 0 Å². The summed E-state index contributed by atoms with van der Waals surface area (Å²) in [6.07, 6.45) is 0.573. The number of benzene rings is 2. The number of aliphatic hydroxyl groups is 2. The molecular formula is C37H44O6. The van der Waals surface area contributed by atoms with Crippen LogP contribution in [0.5, 0.6) is 5.75 Å². The molecule has 0 heterocycles. The average molecular weight is 585 g/mol. The second-order valence-corrected chi connectivity index (χ2v) is 14.5. The molecule has 1 saturated carbocycles. The Bertz CT molecular complexity index is 1670. The second kappa shape index (κ2) is 9.75. The van der Waals surface area contributed by atoms with Gasteiger partial charge in [-0.1, -0.05) is 76.4 Å². The van der Waals surface area contributed by atoms with Crippen LogP contribution < -0.4 is 0 Å². The smallest absolute Gasteiger partial charge is 0.206 e. The molecule has 3 aliphatic rings. The number of aryl methyl sites for hydroxylation is 2. The molecule has 0 aliphatic heterocycles. The highest BCUT2D eigenvalue weighted by molar-refractivity contribution is 6.33. The molecule has 0 amide bonds. The van der Waals surface area contributed by atoms with Crippen LogP contribution in [0, 0.1) is 36.5 Å². The van der Waals surface area contributed by atoms with E-state index in [9.17, 15) is 29.7 Å². The summed E-state index contributed by atoms with van der Waals surface area (Å²) < 4.78 is 0. The Labute approximate surface area is 254 Å². The maximum Gasteiger partial charge on any atom is 0.206 e. The lowest BCUT2D eigenvalue weighted by molar-refractivity contribution is -0.180. The number of aliphatic hydroxyl groups excluding tert-OH is 1. The largest absolute Gasteiger partial charge is 0.507 e. The zero-order valence-electron chi connectivity index (χ0n) is 27.0. The predicted molar refractivity (Wildman–Crippen MR) is 168 cm³/mol. The number of fused-ring (bicyclic) bond motifs is 3. The fourth-order valence-electron chi connectivity index (χ4n) is 9.21. The molecule has 0 bridgehead atoms. The van der Waals surface area contributed by atoms with E-state index >= 15 is 0 Å². The molecular weight excluding hydrogens is 540 g/mol. The van der Waals surface area contributed by atoms with Gasteiger partial charge in [-0.2, -0.15) is 0 Å². The van der Waals surface area contributed by atoms with Gasteiger partial charge in [0.05, 0.1) is 11.1 Å². The fourth-order valence-corrected chi connectivity index (χ4v) is 9.21. The molecule has 4 atom stereocenters. The quantitative estimate of drug-likeness (QED) is 0.261. The summed E-state index contributed by atoms with van der Waals surface area (Å²) >= 11 is 0. The van der Waals surface area contributed by atoms with Crippen LogP contribution in [-0.4, -0.2) is 38.3 Å². The molecule has 0 unspecified atom stereocenters. The van der Waals surface area contributed by atoms with Gasteiger partial charge < -0.3 is 15.3 Å². The molecule has 0 spiro atoms. The molecule has 2 aromatic rings. The number of aromatic hydroxyl groups is 1. The Morgan fingerprint density at radius 1 is 0.930 bits per heavy atom. The van der Waals surface area contributed by atoms with Crippen molar-refractivity contribution in [2.24, 2.45) is 22.7 Å². The Kier molecular flexibility index (Phi) is 7.01. The van der Waals surface area contributed by atoms with Gasteiger partial charge in [-0.15, -0.1) is 0 Å². The number of carbonyl (C=O) groups excluding carboxylic acids is 3. The number of rotatable bonds is 4. The molecule has 2 aromatic carbocycles. The number of phenolic OH excluding ortho intramolecular Hbond substituents is 1. The summed E-state index contributed by atoms with van der Waals surface area (Å²) in [7, 11) is 0. The topological polar surface area (TPSA) is 112 Å². The zero-order valence-corrected chi connectivity index (χ0v) is 27.0. The third-order valence-corrected chi connectivity index (χ3v) is 10.5. The first-order chi connectivity index (χ1) is 19.8. The molecule has 0 aromatic heterocycles. The van der Waals surface area contributed by atoms with Crippen molar-refractivity contribution in [3.8, 4) is 16.9 Å². The number of carbonyl (C=O) groups is 3. The minimum absolute atomic E-state index is 0.0479. The lowest BCUT2D eigenvalue weighted by Crippen LogP contribution is -2.70. The monoisotopic (exact) mass is 584 g/mol. The van der Waals surface area contributed by atoms with Gasteiger partial charge >= 0.3 is 0 Å². The van der Waals surface area contributed by atoms with Crippen LogP contribution in [0.25, 0.3) is 16.9 Å². The second-order valence-electron chi connectivity index (χ2n) is 14.5. The van der Waals surface area contributed by atoms with Crippen LogP contribution in [0.4, 0.5) is 0 Å². The highest BCUT2D eigenvalue weighted by Gasteiger charge is 2.72. The predicted octanol–water partition coefficient (Wildman–Crippen LogP) is 7.10. The van der Waals surface area contributed by atoms with Gasteiger partial charge in [0.25, 0.3) is 0 Å².